The number of hydrogen-bond donors (Lipinski definition) is 1. The number of alkyl halides is 1. The molecule has 0 aliphatic heterocycles. The van der Waals surface area contributed by atoms with Crippen LogP contribution in [0.3, 0.4) is 0 Å². The number of nitrogens with one attached hydrogen (secondary N) is 1. The van der Waals surface area contributed by atoms with Crippen molar-refractivity contribution in [2.45, 2.75) is 63.7 Å². The van der Waals surface area contributed by atoms with E-state index < -0.39 is 5.67 Å². The van der Waals surface area contributed by atoms with Gasteiger partial charge in [0.25, 0.3) is 5.56 Å². The lowest BCUT2D eigenvalue weighted by molar-refractivity contribution is 0.214. The number of likely N-dealkylation sites (N-methyl/N-ethyl adjacent to an activating group) is 1. The number of anilines is 2. The summed E-state index contributed by atoms with van der Waals surface area (Å²) in [5.41, 5.74) is 3.90. The maximum atomic E-state index is 14.7. The SMILES string of the molecule is CN(C)C1CCc2cc(Nc3cc4c(cn3)c(=O)n(C3CC3)n4-c3ccnc(C(C)(C)F)c3)ccc2C1. The van der Waals surface area contributed by atoms with Gasteiger partial charge in [-0.25, -0.2) is 18.7 Å². The molecule has 6 rings (SSSR count). The largest absolute Gasteiger partial charge is 0.340 e. The minimum absolute atomic E-state index is 0.0707. The smallest absolute Gasteiger partial charge is 0.276 e. The standard InChI is InChI=1S/C29H33FN6O/c1-29(2,30)26-15-23(11-12-31-26)35-25-16-27(32-17-24(25)28(37)36(35)21-9-10-21)33-20-7-5-19-14-22(34(3)4)8-6-18(19)13-20/h5,7,11-13,15-17,21-22H,6,8-10,14H2,1-4H3,(H,32,33). The number of benzene rings is 1. The summed E-state index contributed by atoms with van der Waals surface area (Å²) in [7, 11) is 4.30. The van der Waals surface area contributed by atoms with E-state index >= 15 is 0 Å². The zero-order chi connectivity index (χ0) is 25.9. The maximum Gasteiger partial charge on any atom is 0.276 e. The number of fused-ring (bicyclic) bond motifs is 2. The number of aromatic nitrogens is 4. The number of nitrogens with zero attached hydrogens (tertiary/aromatic N) is 5. The molecule has 0 spiro atoms. The number of pyridine rings is 2. The van der Waals surface area contributed by atoms with Crippen LogP contribution in [0.1, 0.15) is 56.0 Å². The quantitative estimate of drug-likeness (QED) is 0.390. The molecule has 3 aromatic heterocycles. The van der Waals surface area contributed by atoms with Crippen molar-refractivity contribution in [1.29, 1.82) is 0 Å². The molecule has 0 saturated heterocycles. The summed E-state index contributed by atoms with van der Waals surface area (Å²) >= 11 is 0. The van der Waals surface area contributed by atoms with Crippen molar-refractivity contribution < 1.29 is 4.39 Å². The molecule has 192 valence electrons. The summed E-state index contributed by atoms with van der Waals surface area (Å²) < 4.78 is 18.4. The van der Waals surface area contributed by atoms with Gasteiger partial charge in [0.2, 0.25) is 0 Å². The Balaban J connectivity index is 1.39. The molecule has 3 heterocycles. The van der Waals surface area contributed by atoms with E-state index in [2.05, 4.69) is 52.5 Å². The molecule has 0 bridgehead atoms. The third kappa shape index (κ3) is 4.44. The third-order valence-corrected chi connectivity index (χ3v) is 7.67. The van der Waals surface area contributed by atoms with Gasteiger partial charge in [0.15, 0.2) is 0 Å². The van der Waals surface area contributed by atoms with E-state index in [0.29, 0.717) is 22.9 Å². The van der Waals surface area contributed by atoms with Crippen molar-refractivity contribution in [3.05, 3.63) is 76.0 Å². The van der Waals surface area contributed by atoms with Gasteiger partial charge in [-0.2, -0.15) is 0 Å². The maximum absolute atomic E-state index is 14.7. The second-order valence-electron chi connectivity index (χ2n) is 11.1. The summed E-state index contributed by atoms with van der Waals surface area (Å²) in [4.78, 5) is 24.5. The molecule has 1 aromatic carbocycles. The Morgan fingerprint density at radius 2 is 1.86 bits per heavy atom. The molecule has 7 nitrogen and oxygen atoms in total. The van der Waals surface area contributed by atoms with Gasteiger partial charge in [-0.3, -0.25) is 9.78 Å². The first kappa shape index (κ1) is 23.9. The first-order valence-electron chi connectivity index (χ1n) is 13.0. The van der Waals surface area contributed by atoms with Gasteiger partial charge < -0.3 is 10.2 Å². The van der Waals surface area contributed by atoms with Crippen LogP contribution in [0.5, 0.6) is 0 Å². The third-order valence-electron chi connectivity index (χ3n) is 7.67. The van der Waals surface area contributed by atoms with Crippen LogP contribution in [0.25, 0.3) is 16.6 Å². The Morgan fingerprint density at radius 3 is 2.59 bits per heavy atom. The number of hydrogen-bond acceptors (Lipinski definition) is 5. The Hall–Kier alpha value is -3.52. The highest BCUT2D eigenvalue weighted by molar-refractivity contribution is 5.83. The summed E-state index contributed by atoms with van der Waals surface area (Å²) in [5, 5.41) is 4.00. The molecule has 8 heteroatoms. The highest BCUT2D eigenvalue weighted by Gasteiger charge is 2.31. The lowest BCUT2D eigenvalue weighted by Gasteiger charge is -2.30. The van der Waals surface area contributed by atoms with Crippen molar-refractivity contribution in [3.63, 3.8) is 0 Å². The minimum Gasteiger partial charge on any atom is -0.340 e. The minimum atomic E-state index is -1.59. The second kappa shape index (κ2) is 8.80. The lowest BCUT2D eigenvalue weighted by Crippen LogP contribution is -2.33. The van der Waals surface area contributed by atoms with Crippen LogP contribution in [0, 0.1) is 0 Å². The van der Waals surface area contributed by atoms with Crippen LogP contribution in [0.15, 0.2) is 53.6 Å². The van der Waals surface area contributed by atoms with Crippen LogP contribution in [-0.4, -0.2) is 44.4 Å². The highest BCUT2D eigenvalue weighted by atomic mass is 19.1. The zero-order valence-electron chi connectivity index (χ0n) is 21.8. The van der Waals surface area contributed by atoms with E-state index in [1.54, 1.807) is 23.1 Å². The summed E-state index contributed by atoms with van der Waals surface area (Å²) in [6, 6.07) is 12.7. The fourth-order valence-electron chi connectivity index (χ4n) is 5.37. The summed E-state index contributed by atoms with van der Waals surface area (Å²) in [6.07, 6.45) is 8.43. The van der Waals surface area contributed by atoms with Gasteiger partial charge in [-0.05, 0) is 95.4 Å². The summed E-state index contributed by atoms with van der Waals surface area (Å²) in [5.74, 6) is 0.663. The first-order chi connectivity index (χ1) is 17.7. The molecule has 1 fully saturated rings. The molecule has 37 heavy (non-hydrogen) atoms. The van der Waals surface area contributed by atoms with Crippen molar-refractivity contribution in [2.24, 2.45) is 0 Å². The van der Waals surface area contributed by atoms with E-state index in [1.165, 1.54) is 25.0 Å². The highest BCUT2D eigenvalue weighted by Crippen LogP contribution is 2.37. The normalized spacial score (nSPS) is 17.8. The molecule has 2 aliphatic carbocycles. The fourth-order valence-corrected chi connectivity index (χ4v) is 5.37. The molecular formula is C29H33FN6O. The predicted molar refractivity (Wildman–Crippen MR) is 145 cm³/mol. The lowest BCUT2D eigenvalue weighted by atomic mass is 9.87. The monoisotopic (exact) mass is 500 g/mol. The van der Waals surface area contributed by atoms with Gasteiger partial charge in [-0.1, -0.05) is 6.07 Å². The van der Waals surface area contributed by atoms with E-state index in [-0.39, 0.29) is 11.6 Å². The Labute approximate surface area is 215 Å². The van der Waals surface area contributed by atoms with E-state index in [0.717, 1.165) is 49.0 Å². The summed E-state index contributed by atoms with van der Waals surface area (Å²) in [6.45, 7) is 2.98. The van der Waals surface area contributed by atoms with Gasteiger partial charge in [0.05, 0.1) is 28.3 Å². The molecule has 0 amide bonds. The molecule has 1 saturated carbocycles. The van der Waals surface area contributed by atoms with Crippen LogP contribution in [-0.2, 0) is 18.5 Å². The van der Waals surface area contributed by atoms with Crippen LogP contribution in [0.2, 0.25) is 0 Å². The molecule has 2 aliphatic rings. The van der Waals surface area contributed by atoms with Crippen LogP contribution in [0.4, 0.5) is 15.9 Å². The van der Waals surface area contributed by atoms with Crippen molar-refractivity contribution in [1.82, 2.24) is 24.2 Å². The fraction of sp³-hybridized carbons (Fsp3) is 0.414. The van der Waals surface area contributed by atoms with E-state index in [4.69, 9.17) is 0 Å². The molecule has 1 N–H and O–H groups in total. The van der Waals surface area contributed by atoms with E-state index in [9.17, 15) is 9.18 Å². The Kier molecular flexibility index (Phi) is 5.67. The Bertz CT molecular complexity index is 1540. The van der Waals surface area contributed by atoms with Crippen molar-refractivity contribution in [3.8, 4) is 5.69 Å². The van der Waals surface area contributed by atoms with Crippen LogP contribution < -0.4 is 10.9 Å². The van der Waals surface area contributed by atoms with Gasteiger partial charge in [0.1, 0.15) is 11.5 Å². The first-order valence-corrected chi connectivity index (χ1v) is 13.0. The number of halogens is 1. The number of aryl methyl sites for hydroxylation is 1. The molecule has 1 atom stereocenters. The number of rotatable bonds is 6. The van der Waals surface area contributed by atoms with Gasteiger partial charge in [-0.15, -0.1) is 0 Å². The van der Waals surface area contributed by atoms with E-state index in [1.807, 2.05) is 16.8 Å². The average Bonchev–Trinajstić information content (AvgIpc) is 3.67. The van der Waals surface area contributed by atoms with Gasteiger partial charge in [0, 0.05) is 30.2 Å². The Morgan fingerprint density at radius 1 is 1.05 bits per heavy atom. The topological polar surface area (TPSA) is 68.0 Å². The second-order valence-corrected chi connectivity index (χ2v) is 11.1. The van der Waals surface area contributed by atoms with Gasteiger partial charge >= 0.3 is 0 Å². The average molecular weight is 501 g/mol. The zero-order valence-corrected chi connectivity index (χ0v) is 21.8. The van der Waals surface area contributed by atoms with Crippen LogP contribution >= 0.6 is 0 Å². The predicted octanol–water partition coefficient (Wildman–Crippen LogP) is 5.28. The molecular weight excluding hydrogens is 467 g/mol. The molecule has 4 aromatic rings. The molecule has 0 radical (unpaired) electrons. The van der Waals surface area contributed by atoms with Crippen molar-refractivity contribution in [2.75, 3.05) is 19.4 Å². The molecule has 1 unspecified atom stereocenters. The van der Waals surface area contributed by atoms with Crippen molar-refractivity contribution >= 4 is 22.4 Å².